The van der Waals surface area contributed by atoms with Crippen molar-refractivity contribution in [1.82, 2.24) is 9.88 Å². The molecule has 0 aliphatic heterocycles. The zero-order chi connectivity index (χ0) is 26.2. The molecule has 198 valence electrons. The van der Waals surface area contributed by atoms with Crippen LogP contribution >= 0.6 is 11.3 Å². The minimum absolute atomic E-state index is 0.0161. The van der Waals surface area contributed by atoms with Gasteiger partial charge in [-0.1, -0.05) is 20.8 Å². The summed E-state index contributed by atoms with van der Waals surface area (Å²) in [6, 6.07) is 5.66. The topological polar surface area (TPSA) is 83.9 Å². The highest BCUT2D eigenvalue weighted by molar-refractivity contribution is 7.15. The van der Waals surface area contributed by atoms with E-state index in [9.17, 15) is 9.90 Å². The highest BCUT2D eigenvalue weighted by Gasteiger charge is 2.54. The van der Waals surface area contributed by atoms with Gasteiger partial charge < -0.3 is 24.8 Å². The Morgan fingerprint density at radius 2 is 2.03 bits per heavy atom. The van der Waals surface area contributed by atoms with Gasteiger partial charge in [0.2, 0.25) is 5.91 Å². The van der Waals surface area contributed by atoms with Gasteiger partial charge in [0.25, 0.3) is 0 Å². The first-order valence-electron chi connectivity index (χ1n) is 13.1. The standard InChI is InChI=1S/C28H41N3O4S/c1-8-31(9-2)26(33)16(3)19-12-13-28(5)15-22-24(17(4)23(28)25(19)32)30-27(36-22)29-20-14-18(34-6)10-11-21(20)35-7/h10-11,14,16-17,19,23,25,32H,8-9,12-13,15H2,1-7H3,(H,29,30)/t16-,17-,19+,23+,25-,28-/m0/s1. The van der Waals surface area contributed by atoms with Crippen LogP contribution in [0.3, 0.4) is 0 Å². The lowest BCUT2D eigenvalue weighted by atomic mass is 9.53. The molecule has 1 aromatic carbocycles. The fourth-order valence-electron chi connectivity index (χ4n) is 6.63. The summed E-state index contributed by atoms with van der Waals surface area (Å²) in [6.07, 6.45) is 2.24. The van der Waals surface area contributed by atoms with Crippen molar-refractivity contribution in [2.24, 2.45) is 23.2 Å². The first-order valence-corrected chi connectivity index (χ1v) is 13.9. The molecule has 1 heterocycles. The number of amides is 1. The van der Waals surface area contributed by atoms with Crippen LogP contribution in [0.1, 0.15) is 63.9 Å². The predicted octanol–water partition coefficient (Wildman–Crippen LogP) is 5.46. The molecule has 36 heavy (non-hydrogen) atoms. The second-order valence-electron chi connectivity index (χ2n) is 10.7. The number of benzene rings is 1. The van der Waals surface area contributed by atoms with Crippen molar-refractivity contribution >= 4 is 28.1 Å². The number of methoxy groups -OCH3 is 2. The fourth-order valence-corrected chi connectivity index (χ4v) is 7.91. The number of aromatic nitrogens is 1. The molecule has 6 atom stereocenters. The second kappa shape index (κ2) is 10.6. The van der Waals surface area contributed by atoms with Crippen LogP contribution < -0.4 is 14.8 Å². The van der Waals surface area contributed by atoms with E-state index in [2.05, 4.69) is 19.2 Å². The van der Waals surface area contributed by atoms with Gasteiger partial charge in [-0.2, -0.15) is 0 Å². The molecule has 1 amide bonds. The second-order valence-corrected chi connectivity index (χ2v) is 11.7. The molecule has 0 spiro atoms. The third-order valence-corrected chi connectivity index (χ3v) is 9.66. The Balaban J connectivity index is 1.59. The Morgan fingerprint density at radius 1 is 1.31 bits per heavy atom. The minimum atomic E-state index is -0.530. The lowest BCUT2D eigenvalue weighted by Crippen LogP contribution is -2.53. The van der Waals surface area contributed by atoms with E-state index in [1.165, 1.54) is 4.88 Å². The molecular weight excluding hydrogens is 474 g/mol. The molecule has 2 N–H and O–H groups in total. The van der Waals surface area contributed by atoms with Gasteiger partial charge in [0, 0.05) is 35.9 Å². The Bertz CT molecular complexity index is 1080. The summed E-state index contributed by atoms with van der Waals surface area (Å²) in [4.78, 5) is 21.3. The molecule has 8 heteroatoms. The van der Waals surface area contributed by atoms with Gasteiger partial charge in [0.1, 0.15) is 11.5 Å². The number of nitrogens with one attached hydrogen (secondary N) is 1. The van der Waals surface area contributed by atoms with Gasteiger partial charge >= 0.3 is 0 Å². The van der Waals surface area contributed by atoms with Gasteiger partial charge in [-0.15, -0.1) is 11.3 Å². The highest BCUT2D eigenvalue weighted by atomic mass is 32.1. The van der Waals surface area contributed by atoms with Gasteiger partial charge in [-0.05, 0) is 62.5 Å². The highest BCUT2D eigenvalue weighted by Crippen LogP contribution is 2.57. The summed E-state index contributed by atoms with van der Waals surface area (Å²) in [5.41, 5.74) is 1.86. The van der Waals surface area contributed by atoms with Crippen molar-refractivity contribution in [3.05, 3.63) is 28.8 Å². The summed E-state index contributed by atoms with van der Waals surface area (Å²) in [6.45, 7) is 11.9. The smallest absolute Gasteiger partial charge is 0.225 e. The maximum absolute atomic E-state index is 13.1. The molecule has 2 aromatic rings. The summed E-state index contributed by atoms with van der Waals surface area (Å²) in [7, 11) is 3.30. The first-order chi connectivity index (χ1) is 17.2. The number of thiazole rings is 1. The van der Waals surface area contributed by atoms with Crippen LogP contribution in [-0.4, -0.2) is 54.3 Å². The monoisotopic (exact) mass is 515 g/mol. The quantitative estimate of drug-likeness (QED) is 0.486. The summed E-state index contributed by atoms with van der Waals surface area (Å²) in [5, 5.41) is 16.0. The maximum Gasteiger partial charge on any atom is 0.225 e. The van der Waals surface area contributed by atoms with Crippen molar-refractivity contribution in [2.75, 3.05) is 32.6 Å². The van der Waals surface area contributed by atoms with Crippen LogP contribution in [-0.2, 0) is 11.2 Å². The molecule has 0 bridgehead atoms. The number of fused-ring (bicyclic) bond motifs is 2. The SMILES string of the molecule is CCN(CC)C(=O)[C@@H](C)[C@H]1CC[C@@]2(C)Cc3sc(Nc4cc(OC)ccc4OC)nc3[C@@H](C)[C@@H]2[C@H]1O. The Kier molecular flexibility index (Phi) is 7.86. The average molecular weight is 516 g/mol. The van der Waals surface area contributed by atoms with Crippen molar-refractivity contribution in [2.45, 2.75) is 65.9 Å². The van der Waals surface area contributed by atoms with Crippen LogP contribution in [0.2, 0.25) is 0 Å². The van der Waals surface area contributed by atoms with Gasteiger partial charge in [-0.3, -0.25) is 4.79 Å². The van der Waals surface area contributed by atoms with Crippen molar-refractivity contribution in [3.8, 4) is 11.5 Å². The van der Waals surface area contributed by atoms with E-state index in [0.717, 1.165) is 47.3 Å². The van der Waals surface area contributed by atoms with E-state index in [1.807, 2.05) is 43.9 Å². The van der Waals surface area contributed by atoms with Crippen molar-refractivity contribution in [1.29, 1.82) is 0 Å². The Labute approximate surface area is 219 Å². The normalized spacial score (nSPS) is 28.0. The van der Waals surface area contributed by atoms with Gasteiger partial charge in [-0.25, -0.2) is 4.98 Å². The predicted molar refractivity (Wildman–Crippen MR) is 144 cm³/mol. The number of aliphatic hydroxyl groups is 1. The first kappa shape index (κ1) is 26.7. The zero-order valence-electron chi connectivity index (χ0n) is 22.6. The molecule has 1 aromatic heterocycles. The lowest BCUT2D eigenvalue weighted by Gasteiger charge is -2.53. The fraction of sp³-hybridized carbons (Fsp3) is 0.643. The van der Waals surface area contributed by atoms with Crippen molar-refractivity contribution in [3.63, 3.8) is 0 Å². The van der Waals surface area contributed by atoms with E-state index < -0.39 is 6.10 Å². The Hall–Kier alpha value is -2.32. The maximum atomic E-state index is 13.1. The van der Waals surface area contributed by atoms with E-state index in [1.54, 1.807) is 25.6 Å². The van der Waals surface area contributed by atoms with Crippen LogP contribution in [0.5, 0.6) is 11.5 Å². The van der Waals surface area contributed by atoms with E-state index in [0.29, 0.717) is 13.1 Å². The number of carbonyl (C=O) groups excluding carboxylic acids is 1. The molecule has 1 fully saturated rings. The molecule has 1 saturated carbocycles. The average Bonchev–Trinajstić information content (AvgIpc) is 3.26. The number of rotatable bonds is 8. The molecule has 7 nitrogen and oxygen atoms in total. The molecule has 2 aliphatic carbocycles. The molecule has 0 saturated heterocycles. The number of carbonyl (C=O) groups is 1. The third kappa shape index (κ3) is 4.70. The number of hydrogen-bond acceptors (Lipinski definition) is 7. The molecular formula is C28H41N3O4S. The van der Waals surface area contributed by atoms with Crippen molar-refractivity contribution < 1.29 is 19.4 Å². The van der Waals surface area contributed by atoms with E-state index in [-0.39, 0.29) is 35.0 Å². The number of aliphatic hydroxyl groups excluding tert-OH is 1. The molecule has 2 aliphatic rings. The number of ether oxygens (including phenoxy) is 2. The number of anilines is 2. The molecule has 0 unspecified atom stereocenters. The summed E-state index contributed by atoms with van der Waals surface area (Å²) in [5.74, 6) is 1.58. The molecule has 4 rings (SSSR count). The zero-order valence-corrected chi connectivity index (χ0v) is 23.4. The third-order valence-electron chi connectivity index (χ3n) is 8.68. The largest absolute Gasteiger partial charge is 0.497 e. The number of nitrogens with zero attached hydrogens (tertiary/aromatic N) is 2. The minimum Gasteiger partial charge on any atom is -0.497 e. The Morgan fingerprint density at radius 3 is 2.67 bits per heavy atom. The van der Waals surface area contributed by atoms with Gasteiger partial charge in [0.15, 0.2) is 5.13 Å². The summed E-state index contributed by atoms with van der Waals surface area (Å²) >= 11 is 1.68. The number of hydrogen-bond donors (Lipinski definition) is 2. The van der Waals surface area contributed by atoms with Crippen LogP contribution in [0, 0.1) is 23.2 Å². The van der Waals surface area contributed by atoms with Gasteiger partial charge in [0.05, 0.1) is 31.7 Å². The van der Waals surface area contributed by atoms with Crippen LogP contribution in [0.25, 0.3) is 0 Å². The van der Waals surface area contributed by atoms with Crippen LogP contribution in [0.4, 0.5) is 10.8 Å². The molecule has 0 radical (unpaired) electrons. The summed E-state index contributed by atoms with van der Waals surface area (Å²) < 4.78 is 10.9. The lowest BCUT2D eigenvalue weighted by molar-refractivity contribution is -0.144. The van der Waals surface area contributed by atoms with Crippen LogP contribution in [0.15, 0.2) is 18.2 Å². The van der Waals surface area contributed by atoms with E-state index in [4.69, 9.17) is 14.5 Å². The van der Waals surface area contributed by atoms with E-state index >= 15 is 0 Å².